The fraction of sp³-hybridized carbons (Fsp3) is 0.0909. The van der Waals surface area contributed by atoms with Gasteiger partial charge in [0.15, 0.2) is 0 Å². The molecule has 1 heterocycles. The summed E-state index contributed by atoms with van der Waals surface area (Å²) < 4.78 is 5.46. The Hall–Kier alpha value is -1.26. The molecule has 1 aromatic carbocycles. The van der Waals surface area contributed by atoms with Crippen molar-refractivity contribution in [2.24, 2.45) is 0 Å². The van der Waals surface area contributed by atoms with E-state index in [2.05, 4.69) is 16.8 Å². The van der Waals surface area contributed by atoms with Gasteiger partial charge < -0.3 is 4.42 Å². The van der Waals surface area contributed by atoms with E-state index < -0.39 is 0 Å². The van der Waals surface area contributed by atoms with Crippen LogP contribution in [0.4, 0.5) is 0 Å². The smallest absolute Gasteiger partial charge is 0.277 e. The number of hydrogen-bond acceptors (Lipinski definition) is 4. The fourth-order valence-corrected chi connectivity index (χ4v) is 1.86. The van der Waals surface area contributed by atoms with Crippen LogP contribution in [-0.2, 0) is 0 Å². The second-order valence-corrected chi connectivity index (χ2v) is 4.33. The molecule has 0 fully saturated rings. The van der Waals surface area contributed by atoms with Crippen molar-refractivity contribution in [3.8, 4) is 11.5 Å². The molecule has 0 radical (unpaired) electrons. The molecule has 0 saturated heterocycles. The van der Waals surface area contributed by atoms with Gasteiger partial charge in [0, 0.05) is 5.75 Å². The summed E-state index contributed by atoms with van der Waals surface area (Å²) in [6.45, 7) is 3.62. The maximum atomic E-state index is 6.02. The third-order valence-electron chi connectivity index (χ3n) is 1.84. The topological polar surface area (TPSA) is 38.9 Å². The Balaban J connectivity index is 2.25. The number of hydrogen-bond donors (Lipinski definition) is 0. The second-order valence-electron chi connectivity index (χ2n) is 2.95. The number of rotatable bonds is 4. The molecule has 5 heteroatoms. The summed E-state index contributed by atoms with van der Waals surface area (Å²) in [6, 6.07) is 7.37. The van der Waals surface area contributed by atoms with E-state index >= 15 is 0 Å². The minimum absolute atomic E-state index is 0.442. The van der Waals surface area contributed by atoms with Crippen molar-refractivity contribution in [1.82, 2.24) is 10.2 Å². The maximum absolute atomic E-state index is 6.02. The summed E-state index contributed by atoms with van der Waals surface area (Å²) in [5.41, 5.74) is 0.752. The highest BCUT2D eigenvalue weighted by Crippen LogP contribution is 2.28. The van der Waals surface area contributed by atoms with Gasteiger partial charge in [-0.2, -0.15) is 0 Å². The van der Waals surface area contributed by atoms with Gasteiger partial charge in [-0.1, -0.05) is 41.6 Å². The van der Waals surface area contributed by atoms with E-state index in [1.54, 1.807) is 12.1 Å². The molecule has 0 amide bonds. The summed E-state index contributed by atoms with van der Waals surface area (Å²) in [5, 5.41) is 8.98. The zero-order valence-electron chi connectivity index (χ0n) is 8.39. The molecule has 0 N–H and O–H groups in total. The van der Waals surface area contributed by atoms with E-state index in [0.29, 0.717) is 16.1 Å². The van der Waals surface area contributed by atoms with Gasteiger partial charge in [-0.3, -0.25) is 0 Å². The van der Waals surface area contributed by atoms with E-state index in [-0.39, 0.29) is 0 Å². The van der Waals surface area contributed by atoms with Crippen molar-refractivity contribution in [2.45, 2.75) is 5.22 Å². The zero-order chi connectivity index (χ0) is 11.4. The lowest BCUT2D eigenvalue weighted by molar-refractivity contribution is 0.466. The van der Waals surface area contributed by atoms with Crippen LogP contribution in [0.25, 0.3) is 11.5 Å². The van der Waals surface area contributed by atoms with Crippen LogP contribution in [0, 0.1) is 0 Å². The Morgan fingerprint density at radius 1 is 1.38 bits per heavy atom. The summed E-state index contributed by atoms with van der Waals surface area (Å²) in [4.78, 5) is 0. The summed E-state index contributed by atoms with van der Waals surface area (Å²) in [7, 11) is 0. The Bertz CT molecular complexity index is 498. The summed E-state index contributed by atoms with van der Waals surface area (Å²) in [5.74, 6) is 1.18. The molecule has 3 nitrogen and oxygen atoms in total. The fourth-order valence-electron chi connectivity index (χ4n) is 1.14. The van der Waals surface area contributed by atoms with Crippen LogP contribution in [0.3, 0.4) is 0 Å². The third-order valence-corrected chi connectivity index (χ3v) is 2.98. The van der Waals surface area contributed by atoms with Crippen molar-refractivity contribution in [1.29, 1.82) is 0 Å². The predicted molar refractivity (Wildman–Crippen MR) is 65.7 cm³/mol. The molecular formula is C11H9ClN2OS. The predicted octanol–water partition coefficient (Wildman–Crippen LogP) is 3.67. The molecular weight excluding hydrogens is 244 g/mol. The molecule has 2 rings (SSSR count). The quantitative estimate of drug-likeness (QED) is 0.615. The Labute approximate surface area is 103 Å². The number of nitrogens with zero attached hydrogens (tertiary/aromatic N) is 2. The molecule has 0 aliphatic carbocycles. The first kappa shape index (κ1) is 11.2. The number of benzene rings is 1. The van der Waals surface area contributed by atoms with Crippen LogP contribution in [-0.4, -0.2) is 16.0 Å². The van der Waals surface area contributed by atoms with Crippen molar-refractivity contribution < 1.29 is 4.42 Å². The lowest BCUT2D eigenvalue weighted by atomic mass is 10.2. The maximum Gasteiger partial charge on any atom is 0.277 e. The highest BCUT2D eigenvalue weighted by atomic mass is 35.5. The number of halogens is 1. The Kier molecular flexibility index (Phi) is 3.64. The van der Waals surface area contributed by atoms with E-state index in [0.717, 1.165) is 11.3 Å². The summed E-state index contributed by atoms with van der Waals surface area (Å²) in [6.07, 6.45) is 1.78. The second kappa shape index (κ2) is 5.18. The minimum Gasteiger partial charge on any atom is -0.411 e. The van der Waals surface area contributed by atoms with Crippen LogP contribution in [0.1, 0.15) is 0 Å². The third kappa shape index (κ3) is 2.46. The van der Waals surface area contributed by atoms with E-state index in [9.17, 15) is 0 Å². The van der Waals surface area contributed by atoms with Crippen LogP contribution >= 0.6 is 23.4 Å². The Morgan fingerprint density at radius 3 is 2.94 bits per heavy atom. The largest absolute Gasteiger partial charge is 0.411 e. The van der Waals surface area contributed by atoms with Crippen molar-refractivity contribution in [2.75, 3.05) is 5.75 Å². The molecule has 0 atom stereocenters. The molecule has 2 aromatic rings. The van der Waals surface area contributed by atoms with Gasteiger partial charge in [-0.05, 0) is 12.1 Å². The molecule has 0 aliphatic rings. The monoisotopic (exact) mass is 252 g/mol. The number of thioether (sulfide) groups is 1. The summed E-state index contributed by atoms with van der Waals surface area (Å²) >= 11 is 7.46. The zero-order valence-corrected chi connectivity index (χ0v) is 9.96. The van der Waals surface area contributed by atoms with Crippen molar-refractivity contribution in [3.63, 3.8) is 0 Å². The van der Waals surface area contributed by atoms with Gasteiger partial charge in [0.2, 0.25) is 5.89 Å². The normalized spacial score (nSPS) is 10.3. The van der Waals surface area contributed by atoms with E-state index in [1.807, 2.05) is 18.2 Å². The van der Waals surface area contributed by atoms with Gasteiger partial charge in [0.25, 0.3) is 5.22 Å². The first-order valence-corrected chi connectivity index (χ1v) is 5.99. The molecule has 0 unspecified atom stereocenters. The molecule has 0 spiro atoms. The standard InChI is InChI=1S/C11H9ClN2OS/c1-2-7-16-11-14-13-10(15-11)8-5-3-4-6-9(8)12/h2-6H,1,7H2. The molecule has 0 aliphatic heterocycles. The van der Waals surface area contributed by atoms with Crippen LogP contribution < -0.4 is 0 Å². The van der Waals surface area contributed by atoms with Gasteiger partial charge in [-0.25, -0.2) is 0 Å². The highest BCUT2D eigenvalue weighted by molar-refractivity contribution is 7.99. The average Bonchev–Trinajstić information content (AvgIpc) is 2.75. The Morgan fingerprint density at radius 2 is 2.19 bits per heavy atom. The lowest BCUT2D eigenvalue weighted by Crippen LogP contribution is -1.78. The van der Waals surface area contributed by atoms with Crippen molar-refractivity contribution >= 4 is 23.4 Å². The van der Waals surface area contributed by atoms with Crippen LogP contribution in [0.2, 0.25) is 5.02 Å². The minimum atomic E-state index is 0.442. The highest BCUT2D eigenvalue weighted by Gasteiger charge is 2.10. The molecule has 82 valence electrons. The van der Waals surface area contributed by atoms with Gasteiger partial charge >= 0.3 is 0 Å². The molecule has 16 heavy (non-hydrogen) atoms. The number of aromatic nitrogens is 2. The molecule has 0 bridgehead atoms. The van der Waals surface area contributed by atoms with E-state index in [4.69, 9.17) is 16.0 Å². The lowest BCUT2D eigenvalue weighted by Gasteiger charge is -1.96. The van der Waals surface area contributed by atoms with Crippen LogP contribution in [0.15, 0.2) is 46.6 Å². The first-order valence-electron chi connectivity index (χ1n) is 4.63. The van der Waals surface area contributed by atoms with Gasteiger partial charge in [-0.15, -0.1) is 16.8 Å². The SMILES string of the molecule is C=CCSc1nnc(-c2ccccc2Cl)o1. The van der Waals surface area contributed by atoms with Gasteiger partial charge in [0.1, 0.15) is 0 Å². The van der Waals surface area contributed by atoms with E-state index in [1.165, 1.54) is 11.8 Å². The molecule has 1 aromatic heterocycles. The van der Waals surface area contributed by atoms with Gasteiger partial charge in [0.05, 0.1) is 10.6 Å². The van der Waals surface area contributed by atoms with Crippen LogP contribution in [0.5, 0.6) is 0 Å². The first-order chi connectivity index (χ1) is 7.81. The molecule has 0 saturated carbocycles. The average molecular weight is 253 g/mol. The van der Waals surface area contributed by atoms with Crippen molar-refractivity contribution in [3.05, 3.63) is 41.9 Å².